The third kappa shape index (κ3) is 3.57. The minimum atomic E-state index is 0.497. The molecule has 4 nitrogen and oxygen atoms in total. The van der Waals surface area contributed by atoms with Gasteiger partial charge in [-0.05, 0) is 26.3 Å². The van der Waals surface area contributed by atoms with Gasteiger partial charge in [0.1, 0.15) is 16.8 Å². The van der Waals surface area contributed by atoms with E-state index in [4.69, 9.17) is 11.6 Å². The van der Waals surface area contributed by atoms with Gasteiger partial charge in [-0.15, -0.1) is 0 Å². The number of aromatic nitrogens is 2. The Hall–Kier alpha value is -0.870. The van der Waals surface area contributed by atoms with Crippen LogP contribution in [0.1, 0.15) is 38.1 Å². The van der Waals surface area contributed by atoms with Crippen LogP contribution in [0.25, 0.3) is 0 Å². The van der Waals surface area contributed by atoms with Gasteiger partial charge < -0.3 is 10.2 Å². The topological polar surface area (TPSA) is 41.1 Å². The zero-order valence-corrected chi connectivity index (χ0v) is 12.8. The number of nitrogens with zero attached hydrogens (tertiary/aromatic N) is 3. The Balaban J connectivity index is 2.05. The smallest absolute Gasteiger partial charge is 0.137 e. The Morgan fingerprint density at radius 1 is 1.26 bits per heavy atom. The lowest BCUT2D eigenvalue weighted by Gasteiger charge is -2.32. The largest absolute Gasteiger partial charge is 0.367 e. The van der Waals surface area contributed by atoms with E-state index < -0.39 is 0 Å². The molecule has 1 aromatic heterocycles. The Morgan fingerprint density at radius 3 is 2.53 bits per heavy atom. The second kappa shape index (κ2) is 6.53. The molecule has 0 spiro atoms. The van der Waals surface area contributed by atoms with Gasteiger partial charge in [0, 0.05) is 31.1 Å². The highest BCUT2D eigenvalue weighted by Gasteiger charge is 2.19. The average Bonchev–Trinajstić information content (AvgIpc) is 2.44. The van der Waals surface area contributed by atoms with Crippen LogP contribution in [0.15, 0.2) is 0 Å². The first-order valence-corrected chi connectivity index (χ1v) is 7.53. The van der Waals surface area contributed by atoms with Crippen molar-refractivity contribution in [2.45, 2.75) is 46.1 Å². The van der Waals surface area contributed by atoms with Crippen LogP contribution in [0.2, 0.25) is 5.15 Å². The SMILES string of the molecule is CCc1nc(Cl)c(C)c(NC2CCN(CC)CC2)n1. The van der Waals surface area contributed by atoms with E-state index in [0.29, 0.717) is 11.2 Å². The Labute approximate surface area is 120 Å². The maximum atomic E-state index is 6.16. The van der Waals surface area contributed by atoms with Gasteiger partial charge in [-0.3, -0.25) is 0 Å². The molecule has 1 fully saturated rings. The zero-order chi connectivity index (χ0) is 13.8. The van der Waals surface area contributed by atoms with Crippen LogP contribution >= 0.6 is 11.6 Å². The standard InChI is InChI=1S/C14H23ClN4/c1-4-12-17-13(15)10(3)14(18-12)16-11-6-8-19(5-2)9-7-11/h11H,4-9H2,1-3H3,(H,16,17,18). The number of hydrogen-bond acceptors (Lipinski definition) is 4. The van der Waals surface area contributed by atoms with E-state index in [9.17, 15) is 0 Å². The summed E-state index contributed by atoms with van der Waals surface area (Å²) in [5, 5.41) is 4.12. The summed E-state index contributed by atoms with van der Waals surface area (Å²) < 4.78 is 0. The molecule has 0 amide bonds. The highest BCUT2D eigenvalue weighted by molar-refractivity contribution is 6.30. The fourth-order valence-electron chi connectivity index (χ4n) is 2.42. The Kier molecular flexibility index (Phi) is 4.99. The lowest BCUT2D eigenvalue weighted by atomic mass is 10.0. The summed E-state index contributed by atoms with van der Waals surface area (Å²) in [7, 11) is 0. The molecule has 0 aliphatic carbocycles. The van der Waals surface area contributed by atoms with E-state index in [1.54, 1.807) is 0 Å². The molecule has 2 rings (SSSR count). The molecule has 1 aliphatic heterocycles. The van der Waals surface area contributed by atoms with E-state index in [0.717, 1.165) is 56.1 Å². The number of halogens is 1. The fraction of sp³-hybridized carbons (Fsp3) is 0.714. The van der Waals surface area contributed by atoms with Crippen molar-refractivity contribution in [1.82, 2.24) is 14.9 Å². The maximum absolute atomic E-state index is 6.16. The summed E-state index contributed by atoms with van der Waals surface area (Å²) in [6.45, 7) is 9.70. The summed E-state index contributed by atoms with van der Waals surface area (Å²) in [6.07, 6.45) is 3.13. The third-order valence-electron chi connectivity index (χ3n) is 3.82. The first kappa shape index (κ1) is 14.5. The molecule has 0 bridgehead atoms. The normalized spacial score (nSPS) is 17.7. The summed E-state index contributed by atoms with van der Waals surface area (Å²) in [5.41, 5.74) is 0.955. The number of rotatable bonds is 4. The molecule has 0 unspecified atom stereocenters. The number of anilines is 1. The van der Waals surface area contributed by atoms with Gasteiger partial charge >= 0.3 is 0 Å². The molecule has 1 aromatic rings. The summed E-state index contributed by atoms with van der Waals surface area (Å²) in [6, 6.07) is 0.497. The second-order valence-electron chi connectivity index (χ2n) is 5.11. The molecule has 0 aromatic carbocycles. The minimum Gasteiger partial charge on any atom is -0.367 e. The number of nitrogens with one attached hydrogen (secondary N) is 1. The molecule has 0 atom stereocenters. The quantitative estimate of drug-likeness (QED) is 0.862. The van der Waals surface area contributed by atoms with Crippen LogP contribution < -0.4 is 5.32 Å². The highest BCUT2D eigenvalue weighted by Crippen LogP contribution is 2.23. The molecule has 0 saturated carbocycles. The van der Waals surface area contributed by atoms with Crippen molar-refractivity contribution in [3.8, 4) is 0 Å². The van der Waals surface area contributed by atoms with Gasteiger partial charge in [0.25, 0.3) is 0 Å². The van der Waals surface area contributed by atoms with Crippen LogP contribution in [0, 0.1) is 6.92 Å². The van der Waals surface area contributed by atoms with Crippen molar-refractivity contribution in [3.05, 3.63) is 16.5 Å². The van der Waals surface area contributed by atoms with E-state index in [1.807, 2.05) is 13.8 Å². The van der Waals surface area contributed by atoms with Gasteiger partial charge in [-0.25, -0.2) is 9.97 Å². The molecule has 2 heterocycles. The zero-order valence-electron chi connectivity index (χ0n) is 12.0. The summed E-state index contributed by atoms with van der Waals surface area (Å²) >= 11 is 6.16. The minimum absolute atomic E-state index is 0.497. The van der Waals surface area contributed by atoms with Crippen molar-refractivity contribution >= 4 is 17.4 Å². The van der Waals surface area contributed by atoms with Crippen LogP contribution in [-0.4, -0.2) is 40.5 Å². The monoisotopic (exact) mass is 282 g/mol. The lowest BCUT2D eigenvalue weighted by molar-refractivity contribution is 0.229. The number of likely N-dealkylation sites (tertiary alicyclic amines) is 1. The van der Waals surface area contributed by atoms with Crippen molar-refractivity contribution in [3.63, 3.8) is 0 Å². The van der Waals surface area contributed by atoms with Crippen LogP contribution in [-0.2, 0) is 6.42 Å². The van der Waals surface area contributed by atoms with Gasteiger partial charge in [-0.1, -0.05) is 25.4 Å². The van der Waals surface area contributed by atoms with Crippen molar-refractivity contribution in [2.75, 3.05) is 25.0 Å². The summed E-state index contributed by atoms with van der Waals surface area (Å²) in [5.74, 6) is 1.72. The molecule has 0 radical (unpaired) electrons. The second-order valence-corrected chi connectivity index (χ2v) is 5.47. The highest BCUT2D eigenvalue weighted by atomic mass is 35.5. The number of hydrogen-bond donors (Lipinski definition) is 1. The van der Waals surface area contributed by atoms with Crippen LogP contribution in [0.4, 0.5) is 5.82 Å². The number of aryl methyl sites for hydroxylation is 1. The van der Waals surface area contributed by atoms with Crippen molar-refractivity contribution in [1.29, 1.82) is 0 Å². The molecule has 1 saturated heterocycles. The van der Waals surface area contributed by atoms with Crippen LogP contribution in [0.5, 0.6) is 0 Å². The van der Waals surface area contributed by atoms with E-state index in [1.165, 1.54) is 0 Å². The lowest BCUT2D eigenvalue weighted by Crippen LogP contribution is -2.39. The van der Waals surface area contributed by atoms with Gasteiger partial charge in [0.2, 0.25) is 0 Å². The predicted octanol–water partition coefficient (Wildman–Crippen LogP) is 2.90. The Morgan fingerprint density at radius 2 is 1.95 bits per heavy atom. The number of piperidine rings is 1. The van der Waals surface area contributed by atoms with Crippen LogP contribution in [0.3, 0.4) is 0 Å². The first-order chi connectivity index (χ1) is 9.13. The van der Waals surface area contributed by atoms with E-state index in [2.05, 4.69) is 27.1 Å². The molecule has 1 aliphatic rings. The molecule has 5 heteroatoms. The van der Waals surface area contributed by atoms with Gasteiger partial charge in [0.15, 0.2) is 0 Å². The summed E-state index contributed by atoms with van der Waals surface area (Å²) in [4.78, 5) is 11.3. The Bertz CT molecular complexity index is 428. The maximum Gasteiger partial charge on any atom is 0.137 e. The molecule has 106 valence electrons. The van der Waals surface area contributed by atoms with Gasteiger partial charge in [-0.2, -0.15) is 0 Å². The molecular weight excluding hydrogens is 260 g/mol. The fourth-order valence-corrected chi connectivity index (χ4v) is 2.61. The van der Waals surface area contributed by atoms with Gasteiger partial charge in [0.05, 0.1) is 0 Å². The van der Waals surface area contributed by atoms with E-state index >= 15 is 0 Å². The molecule has 1 N–H and O–H groups in total. The van der Waals surface area contributed by atoms with Crippen molar-refractivity contribution < 1.29 is 0 Å². The van der Waals surface area contributed by atoms with E-state index in [-0.39, 0.29) is 0 Å². The first-order valence-electron chi connectivity index (χ1n) is 7.16. The average molecular weight is 283 g/mol. The molecular formula is C14H23ClN4. The molecule has 19 heavy (non-hydrogen) atoms. The third-order valence-corrected chi connectivity index (χ3v) is 4.19. The predicted molar refractivity (Wildman–Crippen MR) is 79.9 cm³/mol. The van der Waals surface area contributed by atoms with Crippen molar-refractivity contribution in [2.24, 2.45) is 0 Å².